The zero-order valence-electron chi connectivity index (χ0n) is 6.69. The molecule has 3 heteroatoms. The Morgan fingerprint density at radius 3 is 2.75 bits per heavy atom. The first-order valence-electron chi connectivity index (χ1n) is 3.76. The molecule has 0 saturated carbocycles. The monoisotopic (exact) mass is 163 g/mol. The molecule has 0 bridgehead atoms. The highest BCUT2D eigenvalue weighted by Crippen LogP contribution is 2.33. The van der Waals surface area contributed by atoms with E-state index in [1.54, 1.807) is 13.1 Å². The lowest BCUT2D eigenvalue weighted by molar-refractivity contribution is -0.125. The molecule has 3 nitrogen and oxygen atoms in total. The molecule has 0 spiro atoms. The topological polar surface area (TPSA) is 40.5 Å². The molecule has 2 rings (SSSR count). The molecule has 62 valence electrons. The fourth-order valence-corrected chi connectivity index (χ4v) is 1.46. The summed E-state index contributed by atoms with van der Waals surface area (Å²) in [5.74, 6) is -0.254. The molecule has 0 saturated heterocycles. The standard InChI is InChI=1S/C9H9NO2/c1-10-7-5-3-2-4-6(7)8(11)9(10)12/h2-5,8,11H,1H3/t8-/m0/s1. The van der Waals surface area contributed by atoms with Crippen LogP contribution in [0.3, 0.4) is 0 Å². The van der Waals surface area contributed by atoms with Crippen LogP contribution in [0.1, 0.15) is 11.7 Å². The van der Waals surface area contributed by atoms with Crippen molar-refractivity contribution in [2.75, 3.05) is 11.9 Å². The van der Waals surface area contributed by atoms with Gasteiger partial charge < -0.3 is 10.0 Å². The quantitative estimate of drug-likeness (QED) is 0.611. The van der Waals surface area contributed by atoms with Crippen LogP contribution in [0.15, 0.2) is 24.3 Å². The second-order valence-electron chi connectivity index (χ2n) is 2.86. The third-order valence-electron chi connectivity index (χ3n) is 2.16. The molecule has 1 heterocycles. The number of aliphatic hydroxyl groups is 1. The van der Waals surface area contributed by atoms with Gasteiger partial charge in [-0.1, -0.05) is 18.2 Å². The van der Waals surface area contributed by atoms with Crippen LogP contribution in [-0.2, 0) is 4.79 Å². The molecule has 0 aromatic heterocycles. The SMILES string of the molecule is CN1C(=O)[C@@H](O)c2ccccc21. The average Bonchev–Trinajstić information content (AvgIpc) is 2.33. The number of rotatable bonds is 0. The number of likely N-dealkylation sites (N-methyl/N-ethyl adjacent to an activating group) is 1. The summed E-state index contributed by atoms with van der Waals surface area (Å²) in [4.78, 5) is 12.7. The first-order valence-corrected chi connectivity index (χ1v) is 3.76. The number of hydrogen-bond donors (Lipinski definition) is 1. The predicted octanol–water partition coefficient (Wildman–Crippen LogP) is 0.696. The minimum absolute atomic E-state index is 0.254. The lowest BCUT2D eigenvalue weighted by atomic mass is 10.1. The van der Waals surface area contributed by atoms with Crippen LogP contribution in [0, 0.1) is 0 Å². The molecule has 1 aromatic rings. The average molecular weight is 163 g/mol. The molecule has 0 unspecified atom stereocenters. The Balaban J connectivity index is 2.59. The maximum Gasteiger partial charge on any atom is 0.260 e. The van der Waals surface area contributed by atoms with Gasteiger partial charge in [-0.2, -0.15) is 0 Å². The number of carbonyl (C=O) groups excluding carboxylic acids is 1. The van der Waals surface area contributed by atoms with Crippen molar-refractivity contribution in [3.8, 4) is 0 Å². The Morgan fingerprint density at radius 1 is 1.42 bits per heavy atom. The first-order chi connectivity index (χ1) is 5.72. The van der Waals surface area contributed by atoms with Crippen LogP contribution in [0.4, 0.5) is 5.69 Å². The molecule has 1 aliphatic heterocycles. The number of amides is 1. The minimum atomic E-state index is -0.966. The van der Waals surface area contributed by atoms with Gasteiger partial charge in [0, 0.05) is 18.3 Å². The Labute approximate surface area is 70.2 Å². The molecule has 1 amide bonds. The van der Waals surface area contributed by atoms with Crippen molar-refractivity contribution < 1.29 is 9.90 Å². The van der Waals surface area contributed by atoms with Crippen LogP contribution in [0.5, 0.6) is 0 Å². The van der Waals surface area contributed by atoms with E-state index in [9.17, 15) is 9.90 Å². The molecule has 1 aromatic carbocycles. The summed E-state index contributed by atoms with van der Waals surface area (Å²) in [5, 5.41) is 9.43. The summed E-state index contributed by atoms with van der Waals surface area (Å²) in [6.07, 6.45) is -0.966. The lowest BCUT2D eigenvalue weighted by Crippen LogP contribution is -2.23. The fourth-order valence-electron chi connectivity index (χ4n) is 1.46. The largest absolute Gasteiger partial charge is 0.378 e. The van der Waals surface area contributed by atoms with Gasteiger partial charge in [-0.3, -0.25) is 4.79 Å². The van der Waals surface area contributed by atoms with Crippen LogP contribution >= 0.6 is 0 Å². The van der Waals surface area contributed by atoms with Crippen molar-refractivity contribution in [1.29, 1.82) is 0 Å². The normalized spacial score (nSPS) is 21.3. The van der Waals surface area contributed by atoms with E-state index >= 15 is 0 Å². The number of fused-ring (bicyclic) bond motifs is 1. The van der Waals surface area contributed by atoms with E-state index in [1.807, 2.05) is 18.2 Å². The Bertz CT molecular complexity index is 304. The predicted molar refractivity (Wildman–Crippen MR) is 44.8 cm³/mol. The number of nitrogens with zero attached hydrogens (tertiary/aromatic N) is 1. The Morgan fingerprint density at radius 2 is 2.08 bits per heavy atom. The molecular weight excluding hydrogens is 154 g/mol. The fraction of sp³-hybridized carbons (Fsp3) is 0.222. The highest BCUT2D eigenvalue weighted by atomic mass is 16.3. The van der Waals surface area contributed by atoms with Crippen molar-refractivity contribution in [3.05, 3.63) is 29.8 Å². The van der Waals surface area contributed by atoms with Gasteiger partial charge in [0.05, 0.1) is 0 Å². The van der Waals surface area contributed by atoms with E-state index in [0.717, 1.165) is 5.69 Å². The second kappa shape index (κ2) is 2.32. The molecule has 1 atom stereocenters. The maximum atomic E-state index is 11.2. The summed E-state index contributed by atoms with van der Waals surface area (Å²) in [6.45, 7) is 0. The number of para-hydroxylation sites is 1. The zero-order chi connectivity index (χ0) is 8.72. The number of aliphatic hydroxyl groups excluding tert-OH is 1. The minimum Gasteiger partial charge on any atom is -0.378 e. The summed E-state index contributed by atoms with van der Waals surface area (Å²) in [5.41, 5.74) is 1.50. The van der Waals surface area contributed by atoms with Gasteiger partial charge in [-0.05, 0) is 6.07 Å². The highest BCUT2D eigenvalue weighted by molar-refractivity contribution is 6.03. The number of anilines is 1. The van der Waals surface area contributed by atoms with Crippen molar-refractivity contribution in [3.63, 3.8) is 0 Å². The van der Waals surface area contributed by atoms with Gasteiger partial charge >= 0.3 is 0 Å². The van der Waals surface area contributed by atoms with E-state index in [4.69, 9.17) is 0 Å². The third-order valence-corrected chi connectivity index (χ3v) is 2.16. The van der Waals surface area contributed by atoms with E-state index in [1.165, 1.54) is 4.90 Å². The summed E-state index contributed by atoms with van der Waals surface area (Å²) in [6, 6.07) is 7.25. The second-order valence-corrected chi connectivity index (χ2v) is 2.86. The van der Waals surface area contributed by atoms with E-state index in [0.29, 0.717) is 5.56 Å². The van der Waals surface area contributed by atoms with Crippen molar-refractivity contribution in [2.45, 2.75) is 6.10 Å². The summed E-state index contributed by atoms with van der Waals surface area (Å²) in [7, 11) is 1.66. The molecule has 1 N–H and O–H groups in total. The van der Waals surface area contributed by atoms with Crippen LogP contribution < -0.4 is 4.90 Å². The third kappa shape index (κ3) is 0.769. The first kappa shape index (κ1) is 7.31. The van der Waals surface area contributed by atoms with E-state index in [2.05, 4.69) is 0 Å². The molecule has 0 radical (unpaired) electrons. The molecule has 1 aliphatic rings. The van der Waals surface area contributed by atoms with Gasteiger partial charge in [0.2, 0.25) is 0 Å². The molecular formula is C9H9NO2. The number of benzene rings is 1. The highest BCUT2D eigenvalue weighted by Gasteiger charge is 2.32. The van der Waals surface area contributed by atoms with Gasteiger partial charge in [0.15, 0.2) is 6.10 Å². The van der Waals surface area contributed by atoms with Crippen molar-refractivity contribution in [1.82, 2.24) is 0 Å². The smallest absolute Gasteiger partial charge is 0.260 e. The lowest BCUT2D eigenvalue weighted by Gasteiger charge is -2.08. The molecule has 12 heavy (non-hydrogen) atoms. The molecule has 0 aliphatic carbocycles. The van der Waals surface area contributed by atoms with Crippen LogP contribution in [-0.4, -0.2) is 18.1 Å². The molecule has 0 fully saturated rings. The summed E-state index contributed by atoms with van der Waals surface area (Å²) < 4.78 is 0. The number of hydrogen-bond acceptors (Lipinski definition) is 2. The van der Waals surface area contributed by atoms with Crippen LogP contribution in [0.25, 0.3) is 0 Å². The van der Waals surface area contributed by atoms with E-state index in [-0.39, 0.29) is 5.91 Å². The van der Waals surface area contributed by atoms with Gasteiger partial charge in [-0.15, -0.1) is 0 Å². The Kier molecular flexibility index (Phi) is 1.41. The Hall–Kier alpha value is -1.35. The van der Waals surface area contributed by atoms with Crippen molar-refractivity contribution >= 4 is 11.6 Å². The van der Waals surface area contributed by atoms with Crippen molar-refractivity contribution in [2.24, 2.45) is 0 Å². The van der Waals surface area contributed by atoms with Gasteiger partial charge in [-0.25, -0.2) is 0 Å². The number of carbonyl (C=O) groups is 1. The van der Waals surface area contributed by atoms with E-state index < -0.39 is 6.10 Å². The maximum absolute atomic E-state index is 11.2. The van der Waals surface area contributed by atoms with Crippen LogP contribution in [0.2, 0.25) is 0 Å². The van der Waals surface area contributed by atoms with Gasteiger partial charge in [0.25, 0.3) is 5.91 Å². The zero-order valence-corrected chi connectivity index (χ0v) is 6.69. The summed E-state index contributed by atoms with van der Waals surface area (Å²) >= 11 is 0. The van der Waals surface area contributed by atoms with Gasteiger partial charge in [0.1, 0.15) is 0 Å².